The molecule has 2 fully saturated rings. The minimum absolute atomic E-state index is 0.218. The molecule has 1 saturated carbocycles. The van der Waals surface area contributed by atoms with Crippen molar-refractivity contribution in [2.24, 2.45) is 11.7 Å². The maximum atomic E-state index is 12.4. The summed E-state index contributed by atoms with van der Waals surface area (Å²) in [6.07, 6.45) is 7.10. The Morgan fingerprint density at radius 2 is 1.94 bits per heavy atom. The fraction of sp³-hybridized carbons (Fsp3) is 0.923. The maximum absolute atomic E-state index is 12.4. The van der Waals surface area contributed by atoms with E-state index in [4.69, 9.17) is 5.73 Å². The molecule has 0 radical (unpaired) electrons. The van der Waals surface area contributed by atoms with Crippen molar-refractivity contribution in [3.05, 3.63) is 0 Å². The summed E-state index contributed by atoms with van der Waals surface area (Å²) in [7, 11) is 1.95. The van der Waals surface area contributed by atoms with Crippen LogP contribution in [-0.4, -0.2) is 48.6 Å². The number of hydrogen-bond acceptors (Lipinski definition) is 2. The quantitative estimate of drug-likeness (QED) is 0.796. The number of carbonyl (C=O) groups excluding carboxylic acids is 1. The van der Waals surface area contributed by atoms with E-state index in [1.165, 1.54) is 19.3 Å². The highest BCUT2D eigenvalue weighted by Crippen LogP contribution is 2.29. The zero-order valence-electron chi connectivity index (χ0n) is 10.9. The molecule has 2 atom stereocenters. The fourth-order valence-corrected chi connectivity index (χ4v) is 3.25. The van der Waals surface area contributed by atoms with Crippen molar-refractivity contribution in [2.75, 3.05) is 26.7 Å². The van der Waals surface area contributed by atoms with Gasteiger partial charge >= 0.3 is 6.03 Å². The third-order valence-corrected chi connectivity index (χ3v) is 4.35. The molecular weight excluding hydrogens is 214 g/mol. The van der Waals surface area contributed by atoms with E-state index in [-0.39, 0.29) is 6.03 Å². The molecule has 1 aliphatic carbocycles. The van der Waals surface area contributed by atoms with Crippen molar-refractivity contribution in [1.29, 1.82) is 0 Å². The normalized spacial score (nSPS) is 29.4. The fourth-order valence-electron chi connectivity index (χ4n) is 3.25. The number of hydrogen-bond donors (Lipinski definition) is 1. The van der Waals surface area contributed by atoms with E-state index in [2.05, 4.69) is 0 Å². The third-order valence-electron chi connectivity index (χ3n) is 4.35. The van der Waals surface area contributed by atoms with Crippen molar-refractivity contribution in [3.8, 4) is 0 Å². The van der Waals surface area contributed by atoms with Crippen LogP contribution in [0, 0.1) is 5.92 Å². The van der Waals surface area contributed by atoms with E-state index in [9.17, 15) is 4.79 Å². The lowest BCUT2D eigenvalue weighted by Gasteiger charge is -2.35. The number of rotatable bonds is 2. The average Bonchev–Trinajstić information content (AvgIpc) is 2.86. The first-order valence-electron chi connectivity index (χ1n) is 6.96. The predicted molar refractivity (Wildman–Crippen MR) is 68.8 cm³/mol. The number of amides is 2. The van der Waals surface area contributed by atoms with Crippen LogP contribution in [0.4, 0.5) is 4.79 Å². The van der Waals surface area contributed by atoms with Gasteiger partial charge in [-0.3, -0.25) is 0 Å². The van der Waals surface area contributed by atoms with Gasteiger partial charge in [-0.25, -0.2) is 4.79 Å². The van der Waals surface area contributed by atoms with Gasteiger partial charge in [0.25, 0.3) is 0 Å². The van der Waals surface area contributed by atoms with Gasteiger partial charge in [0, 0.05) is 26.2 Å². The van der Waals surface area contributed by atoms with Gasteiger partial charge in [-0.1, -0.05) is 6.42 Å². The van der Waals surface area contributed by atoms with E-state index in [1.54, 1.807) is 0 Å². The number of nitrogens with zero attached hydrogens (tertiary/aromatic N) is 2. The second-order valence-corrected chi connectivity index (χ2v) is 5.44. The second-order valence-electron chi connectivity index (χ2n) is 5.44. The van der Waals surface area contributed by atoms with Gasteiger partial charge in [0.15, 0.2) is 0 Å². The van der Waals surface area contributed by atoms with Crippen molar-refractivity contribution >= 4 is 6.03 Å². The van der Waals surface area contributed by atoms with Crippen LogP contribution in [0.1, 0.15) is 38.5 Å². The largest absolute Gasteiger partial charge is 0.330 e. The first kappa shape index (κ1) is 12.7. The summed E-state index contributed by atoms with van der Waals surface area (Å²) in [5.41, 5.74) is 5.79. The van der Waals surface area contributed by atoms with Crippen LogP contribution in [0.3, 0.4) is 0 Å². The molecule has 1 heterocycles. The molecule has 98 valence electrons. The maximum Gasteiger partial charge on any atom is 0.319 e. The highest BCUT2D eigenvalue weighted by Gasteiger charge is 2.33. The van der Waals surface area contributed by atoms with Gasteiger partial charge in [-0.15, -0.1) is 0 Å². The first-order chi connectivity index (χ1) is 8.24. The van der Waals surface area contributed by atoms with Gasteiger partial charge in [0.05, 0.1) is 0 Å². The van der Waals surface area contributed by atoms with Crippen LogP contribution in [0.5, 0.6) is 0 Å². The first-order valence-corrected chi connectivity index (χ1v) is 6.96. The van der Waals surface area contributed by atoms with Gasteiger partial charge < -0.3 is 15.5 Å². The Labute approximate surface area is 104 Å². The summed E-state index contributed by atoms with van der Waals surface area (Å²) in [6, 6.07) is 0.587. The van der Waals surface area contributed by atoms with Crippen molar-refractivity contribution < 1.29 is 4.79 Å². The minimum atomic E-state index is 0.218. The van der Waals surface area contributed by atoms with Crippen LogP contribution in [0.2, 0.25) is 0 Å². The van der Waals surface area contributed by atoms with Crippen molar-refractivity contribution in [2.45, 2.75) is 44.6 Å². The Balaban J connectivity index is 1.93. The van der Waals surface area contributed by atoms with E-state index in [0.29, 0.717) is 18.5 Å². The summed E-state index contributed by atoms with van der Waals surface area (Å²) in [4.78, 5) is 16.3. The highest BCUT2D eigenvalue weighted by molar-refractivity contribution is 5.74. The van der Waals surface area contributed by atoms with E-state index in [0.717, 1.165) is 32.4 Å². The molecule has 4 heteroatoms. The second kappa shape index (κ2) is 5.71. The van der Waals surface area contributed by atoms with E-state index >= 15 is 0 Å². The molecule has 0 aromatic heterocycles. The lowest BCUT2D eigenvalue weighted by atomic mass is 10.0. The Bertz CT molecular complexity index is 263. The zero-order chi connectivity index (χ0) is 12.3. The molecule has 17 heavy (non-hydrogen) atoms. The lowest BCUT2D eigenvalue weighted by molar-refractivity contribution is 0.128. The molecule has 0 spiro atoms. The van der Waals surface area contributed by atoms with Crippen LogP contribution >= 0.6 is 0 Å². The SMILES string of the molecule is CN(C(=O)N1CCCCC1)C1CCCC1CN. The number of carbonyl (C=O) groups is 1. The topological polar surface area (TPSA) is 49.6 Å². The minimum Gasteiger partial charge on any atom is -0.330 e. The highest BCUT2D eigenvalue weighted by atomic mass is 16.2. The molecule has 1 saturated heterocycles. The number of piperidine rings is 1. The summed E-state index contributed by atoms with van der Waals surface area (Å²) in [5.74, 6) is 0.508. The molecule has 4 nitrogen and oxygen atoms in total. The lowest BCUT2D eigenvalue weighted by Crippen LogP contribution is -2.49. The van der Waals surface area contributed by atoms with Gasteiger partial charge in [0.1, 0.15) is 0 Å². The van der Waals surface area contributed by atoms with Crippen molar-refractivity contribution in [1.82, 2.24) is 9.80 Å². The number of nitrogens with two attached hydrogens (primary N) is 1. The van der Waals surface area contributed by atoms with Gasteiger partial charge in [-0.05, 0) is 44.6 Å². The summed E-state index contributed by atoms with van der Waals surface area (Å²) >= 11 is 0. The monoisotopic (exact) mass is 239 g/mol. The summed E-state index contributed by atoms with van der Waals surface area (Å²) in [5, 5.41) is 0. The molecule has 2 unspecified atom stereocenters. The van der Waals surface area contributed by atoms with Gasteiger partial charge in [-0.2, -0.15) is 0 Å². The van der Waals surface area contributed by atoms with Gasteiger partial charge in [0.2, 0.25) is 0 Å². The summed E-state index contributed by atoms with van der Waals surface area (Å²) in [6.45, 7) is 2.58. The van der Waals surface area contributed by atoms with E-state index < -0.39 is 0 Å². The van der Waals surface area contributed by atoms with E-state index in [1.807, 2.05) is 16.8 Å². The Kier molecular flexibility index (Phi) is 4.26. The molecule has 0 bridgehead atoms. The third kappa shape index (κ3) is 2.73. The average molecular weight is 239 g/mol. The van der Waals surface area contributed by atoms with Crippen LogP contribution < -0.4 is 5.73 Å². The molecule has 0 aromatic carbocycles. The number of likely N-dealkylation sites (tertiary alicyclic amines) is 1. The predicted octanol–water partition coefficient (Wildman–Crippen LogP) is 1.65. The molecule has 2 N–H and O–H groups in total. The Morgan fingerprint density at radius 3 is 2.59 bits per heavy atom. The molecule has 2 aliphatic rings. The standard InChI is InChI=1S/C13H25N3O/c1-15(12-7-5-6-11(12)10-14)13(17)16-8-3-2-4-9-16/h11-12H,2-10,14H2,1H3. The van der Waals surface area contributed by atoms with Crippen molar-refractivity contribution in [3.63, 3.8) is 0 Å². The van der Waals surface area contributed by atoms with Crippen LogP contribution in [0.25, 0.3) is 0 Å². The number of urea groups is 1. The summed E-state index contributed by atoms with van der Waals surface area (Å²) < 4.78 is 0. The molecule has 0 aromatic rings. The smallest absolute Gasteiger partial charge is 0.319 e. The molecule has 2 rings (SSSR count). The van der Waals surface area contributed by atoms with Crippen LogP contribution in [-0.2, 0) is 0 Å². The Hall–Kier alpha value is -0.770. The Morgan fingerprint density at radius 1 is 1.24 bits per heavy atom. The molecular formula is C13H25N3O. The zero-order valence-corrected chi connectivity index (χ0v) is 10.9. The molecule has 1 aliphatic heterocycles. The van der Waals surface area contributed by atoms with Crippen LogP contribution in [0.15, 0.2) is 0 Å². The molecule has 2 amide bonds.